The molecule has 0 amide bonds. The molecule has 4 nitrogen and oxygen atoms in total. The summed E-state index contributed by atoms with van der Waals surface area (Å²) < 4.78 is 30.1. The second kappa shape index (κ2) is 12.2. The molecule has 0 bridgehead atoms. The van der Waals surface area contributed by atoms with Gasteiger partial charge in [-0.15, -0.1) is 0 Å². The van der Waals surface area contributed by atoms with Crippen LogP contribution in [0.5, 0.6) is 5.75 Å². The van der Waals surface area contributed by atoms with E-state index in [9.17, 15) is 4.57 Å². The van der Waals surface area contributed by atoms with Crippen molar-refractivity contribution >= 4 is 18.6 Å². The van der Waals surface area contributed by atoms with Crippen molar-refractivity contribution in [3.05, 3.63) is 42.5 Å². The summed E-state index contributed by atoms with van der Waals surface area (Å²) >= 11 is 0. The van der Waals surface area contributed by atoms with Crippen molar-refractivity contribution < 1.29 is 18.1 Å². The fraction of sp³-hybridized carbons (Fsp3) is 0.545. The normalized spacial score (nSPS) is 11.8. The molecular weight excluding hydrogens is 359 g/mol. The number of unbranched alkanes of at least 4 members (excludes halogenated alkanes) is 6. The Morgan fingerprint density at radius 1 is 0.741 bits per heavy atom. The van der Waals surface area contributed by atoms with Gasteiger partial charge in [-0.25, -0.2) is 4.57 Å². The zero-order chi connectivity index (χ0) is 19.4. The lowest BCUT2D eigenvalue weighted by atomic mass is 10.1. The molecule has 0 aromatic heterocycles. The highest BCUT2D eigenvalue weighted by atomic mass is 31.2. The maximum atomic E-state index is 13.1. The van der Waals surface area contributed by atoms with Crippen molar-refractivity contribution in [2.75, 3.05) is 13.2 Å². The highest BCUT2D eigenvalue weighted by Gasteiger charge is 2.28. The summed E-state index contributed by atoms with van der Waals surface area (Å²) in [7, 11) is -3.62. The molecule has 0 aliphatic heterocycles. The minimum Gasteiger partial charge on any atom is -0.404 e. The van der Waals surface area contributed by atoms with E-state index in [4.69, 9.17) is 13.6 Å². The van der Waals surface area contributed by atoms with E-state index in [1.54, 1.807) is 0 Å². The van der Waals surface area contributed by atoms with E-state index in [1.807, 2.05) is 42.5 Å². The molecule has 0 saturated heterocycles. The lowest BCUT2D eigenvalue weighted by molar-refractivity contribution is 0.151. The molecule has 0 aliphatic rings. The lowest BCUT2D eigenvalue weighted by Crippen LogP contribution is -2.05. The number of benzene rings is 2. The van der Waals surface area contributed by atoms with E-state index in [1.165, 1.54) is 0 Å². The number of fused-ring (bicyclic) bond motifs is 1. The first-order valence-corrected chi connectivity index (χ1v) is 11.7. The van der Waals surface area contributed by atoms with Crippen LogP contribution in [0.4, 0.5) is 0 Å². The summed E-state index contributed by atoms with van der Waals surface area (Å²) in [5.41, 5.74) is 0. The van der Waals surface area contributed by atoms with Crippen molar-refractivity contribution in [3.8, 4) is 5.75 Å². The highest BCUT2D eigenvalue weighted by molar-refractivity contribution is 7.48. The molecular formula is C22H33O4P. The maximum Gasteiger partial charge on any atom is 0.530 e. The Morgan fingerprint density at radius 2 is 1.33 bits per heavy atom. The van der Waals surface area contributed by atoms with Gasteiger partial charge in [-0.2, -0.15) is 0 Å². The fourth-order valence-corrected chi connectivity index (χ4v) is 4.11. The molecule has 0 spiro atoms. The third-order valence-corrected chi connectivity index (χ3v) is 5.86. The zero-order valence-corrected chi connectivity index (χ0v) is 17.6. The van der Waals surface area contributed by atoms with Gasteiger partial charge >= 0.3 is 7.82 Å². The zero-order valence-electron chi connectivity index (χ0n) is 16.7. The van der Waals surface area contributed by atoms with E-state index < -0.39 is 7.82 Å². The largest absolute Gasteiger partial charge is 0.530 e. The molecule has 0 unspecified atom stereocenters. The van der Waals surface area contributed by atoms with E-state index in [0.29, 0.717) is 19.0 Å². The number of rotatable bonds is 14. The summed E-state index contributed by atoms with van der Waals surface area (Å²) in [6.45, 7) is 5.10. The Morgan fingerprint density at radius 3 is 1.93 bits per heavy atom. The minimum absolute atomic E-state index is 0.389. The monoisotopic (exact) mass is 392 g/mol. The molecule has 0 heterocycles. The molecule has 2 aromatic carbocycles. The minimum atomic E-state index is -3.62. The predicted octanol–water partition coefficient (Wildman–Crippen LogP) is 7.52. The van der Waals surface area contributed by atoms with Gasteiger partial charge < -0.3 is 4.52 Å². The van der Waals surface area contributed by atoms with E-state index in [-0.39, 0.29) is 0 Å². The molecule has 0 saturated carbocycles. The number of phosphoric acid groups is 1. The molecule has 2 rings (SSSR count). The van der Waals surface area contributed by atoms with Crippen LogP contribution < -0.4 is 4.52 Å². The van der Waals surface area contributed by atoms with Crippen LogP contribution >= 0.6 is 7.82 Å². The Kier molecular flexibility index (Phi) is 9.90. The summed E-state index contributed by atoms with van der Waals surface area (Å²) in [5.74, 6) is 0.513. The molecule has 0 atom stereocenters. The number of hydrogen-bond donors (Lipinski definition) is 0. The SMILES string of the molecule is CCCCCCOP(=O)(OCCCCCC)Oc1ccc2ccccc2c1. The van der Waals surface area contributed by atoms with E-state index in [2.05, 4.69) is 13.8 Å². The summed E-state index contributed by atoms with van der Waals surface area (Å²) in [4.78, 5) is 0. The Hall–Kier alpha value is -1.35. The van der Waals surface area contributed by atoms with Gasteiger partial charge in [-0.1, -0.05) is 82.7 Å². The van der Waals surface area contributed by atoms with E-state index in [0.717, 1.165) is 62.1 Å². The lowest BCUT2D eigenvalue weighted by Gasteiger charge is -2.19. The third kappa shape index (κ3) is 8.04. The van der Waals surface area contributed by atoms with Crippen LogP contribution in [0.15, 0.2) is 42.5 Å². The maximum absolute atomic E-state index is 13.1. The van der Waals surface area contributed by atoms with Crippen LogP contribution in [-0.2, 0) is 13.6 Å². The molecule has 0 fully saturated rings. The van der Waals surface area contributed by atoms with Crippen LogP contribution in [-0.4, -0.2) is 13.2 Å². The van der Waals surface area contributed by atoms with Gasteiger partial charge in [0.1, 0.15) is 5.75 Å². The molecule has 150 valence electrons. The van der Waals surface area contributed by atoms with Crippen LogP contribution in [0.3, 0.4) is 0 Å². The standard InChI is InChI=1S/C22H33O4P/c1-3-5-7-11-17-24-27(23,25-18-12-8-6-4-2)26-22-16-15-20-13-9-10-14-21(20)19-22/h9-10,13-16,19H,3-8,11-12,17-18H2,1-2H3. The van der Waals surface area contributed by atoms with Gasteiger partial charge in [0.25, 0.3) is 0 Å². The molecule has 0 N–H and O–H groups in total. The molecule has 2 aromatic rings. The summed E-state index contributed by atoms with van der Waals surface area (Å²) in [6, 6.07) is 13.7. The van der Waals surface area contributed by atoms with Gasteiger partial charge in [0.2, 0.25) is 0 Å². The molecule has 27 heavy (non-hydrogen) atoms. The van der Waals surface area contributed by atoms with Crippen molar-refractivity contribution in [3.63, 3.8) is 0 Å². The Bertz CT molecular complexity index is 698. The van der Waals surface area contributed by atoms with Gasteiger partial charge in [0.15, 0.2) is 0 Å². The smallest absolute Gasteiger partial charge is 0.404 e. The van der Waals surface area contributed by atoms with Crippen LogP contribution in [0, 0.1) is 0 Å². The van der Waals surface area contributed by atoms with Crippen molar-refractivity contribution in [1.82, 2.24) is 0 Å². The van der Waals surface area contributed by atoms with Gasteiger partial charge in [0, 0.05) is 0 Å². The van der Waals surface area contributed by atoms with Crippen LogP contribution in [0.25, 0.3) is 10.8 Å². The van der Waals surface area contributed by atoms with Gasteiger partial charge in [-0.05, 0) is 35.7 Å². The van der Waals surface area contributed by atoms with Crippen molar-refractivity contribution in [2.45, 2.75) is 65.2 Å². The van der Waals surface area contributed by atoms with Crippen molar-refractivity contribution in [1.29, 1.82) is 0 Å². The topological polar surface area (TPSA) is 44.8 Å². The van der Waals surface area contributed by atoms with Crippen LogP contribution in [0.2, 0.25) is 0 Å². The summed E-state index contributed by atoms with van der Waals surface area (Å²) in [5, 5.41) is 2.15. The van der Waals surface area contributed by atoms with E-state index >= 15 is 0 Å². The predicted molar refractivity (Wildman–Crippen MR) is 112 cm³/mol. The highest BCUT2D eigenvalue weighted by Crippen LogP contribution is 2.50. The average Bonchev–Trinajstić information content (AvgIpc) is 2.67. The Balaban J connectivity index is 1.98. The molecule has 0 radical (unpaired) electrons. The number of hydrogen-bond acceptors (Lipinski definition) is 4. The fourth-order valence-electron chi connectivity index (χ4n) is 2.85. The summed E-state index contributed by atoms with van der Waals surface area (Å²) in [6.07, 6.45) is 8.44. The second-order valence-electron chi connectivity index (χ2n) is 6.84. The number of phosphoric ester groups is 1. The third-order valence-electron chi connectivity index (χ3n) is 4.43. The molecule has 0 aliphatic carbocycles. The van der Waals surface area contributed by atoms with Gasteiger partial charge in [-0.3, -0.25) is 9.05 Å². The first-order valence-electron chi connectivity index (χ1n) is 10.2. The molecule has 5 heteroatoms. The van der Waals surface area contributed by atoms with Gasteiger partial charge in [0.05, 0.1) is 13.2 Å². The second-order valence-corrected chi connectivity index (χ2v) is 8.43. The Labute approximate surface area is 163 Å². The first kappa shape index (κ1) is 21.9. The van der Waals surface area contributed by atoms with Crippen LogP contribution in [0.1, 0.15) is 65.2 Å². The van der Waals surface area contributed by atoms with Crippen molar-refractivity contribution in [2.24, 2.45) is 0 Å². The average molecular weight is 392 g/mol. The quantitative estimate of drug-likeness (QED) is 0.246. The first-order chi connectivity index (χ1) is 13.2.